The number of hydrogen-bond acceptors (Lipinski definition) is 4. The van der Waals surface area contributed by atoms with Crippen molar-refractivity contribution in [1.82, 2.24) is 0 Å². The molecule has 5 N–H and O–H groups in total. The van der Waals surface area contributed by atoms with Crippen molar-refractivity contribution in [3.8, 4) is 0 Å². The first-order chi connectivity index (χ1) is 6.43. The molecule has 0 amide bonds. The molecule has 0 aliphatic carbocycles. The van der Waals surface area contributed by atoms with Crippen LogP contribution in [0.3, 0.4) is 0 Å². The topological polar surface area (TPSA) is 104 Å². The Hall–Kier alpha value is -1.53. The summed E-state index contributed by atoms with van der Waals surface area (Å²) in [5, 5.41) is 26.7. The smallest absolute Gasteiger partial charge is 0.478 e. The van der Waals surface area contributed by atoms with Gasteiger partial charge >= 0.3 is 13.1 Å². The van der Waals surface area contributed by atoms with Crippen LogP contribution in [0.15, 0.2) is 12.1 Å². The van der Waals surface area contributed by atoms with Crippen molar-refractivity contribution in [3.05, 3.63) is 23.3 Å². The van der Waals surface area contributed by atoms with Crippen molar-refractivity contribution in [2.24, 2.45) is 0 Å². The summed E-state index contributed by atoms with van der Waals surface area (Å²) < 4.78 is 0. The highest BCUT2D eigenvalue weighted by molar-refractivity contribution is 6.59. The highest BCUT2D eigenvalue weighted by Gasteiger charge is 2.19. The molecule has 5 nitrogen and oxygen atoms in total. The van der Waals surface area contributed by atoms with Gasteiger partial charge in [0.2, 0.25) is 0 Å². The monoisotopic (exact) mass is 195 g/mol. The minimum Gasteiger partial charge on any atom is -0.478 e. The number of hydrogen-bond donors (Lipinski definition) is 4. The molecule has 0 spiro atoms. The van der Waals surface area contributed by atoms with Crippen LogP contribution in [0.1, 0.15) is 15.9 Å². The van der Waals surface area contributed by atoms with Crippen LogP contribution >= 0.6 is 0 Å². The summed E-state index contributed by atoms with van der Waals surface area (Å²) in [5.41, 5.74) is 6.01. The zero-order chi connectivity index (χ0) is 10.9. The zero-order valence-corrected chi connectivity index (χ0v) is 7.56. The highest BCUT2D eigenvalue weighted by atomic mass is 16.4. The largest absolute Gasteiger partial charge is 0.488 e. The Kier molecular flexibility index (Phi) is 2.78. The van der Waals surface area contributed by atoms with E-state index in [1.165, 1.54) is 19.1 Å². The Morgan fingerprint density at radius 2 is 2.00 bits per heavy atom. The number of aromatic carboxylic acids is 1. The lowest BCUT2D eigenvalue weighted by Gasteiger charge is -2.09. The molecule has 0 heterocycles. The van der Waals surface area contributed by atoms with Gasteiger partial charge in [-0.25, -0.2) is 4.79 Å². The van der Waals surface area contributed by atoms with Gasteiger partial charge in [0.15, 0.2) is 0 Å². The van der Waals surface area contributed by atoms with Crippen molar-refractivity contribution in [2.75, 3.05) is 5.73 Å². The molecule has 1 aromatic carbocycles. The van der Waals surface area contributed by atoms with Crippen LogP contribution in [-0.2, 0) is 0 Å². The van der Waals surface area contributed by atoms with Gasteiger partial charge in [0.05, 0.1) is 5.56 Å². The first-order valence-corrected chi connectivity index (χ1v) is 3.93. The van der Waals surface area contributed by atoms with Crippen molar-refractivity contribution in [1.29, 1.82) is 0 Å². The third-order valence-electron chi connectivity index (χ3n) is 1.98. The van der Waals surface area contributed by atoms with Crippen LogP contribution < -0.4 is 11.2 Å². The molecule has 0 aromatic heterocycles. The second kappa shape index (κ2) is 3.69. The van der Waals surface area contributed by atoms with E-state index in [1.54, 1.807) is 0 Å². The number of nitrogens with two attached hydrogens (primary N) is 1. The minimum atomic E-state index is -1.71. The first kappa shape index (κ1) is 10.6. The second-order valence-corrected chi connectivity index (χ2v) is 2.96. The van der Waals surface area contributed by atoms with Gasteiger partial charge in [-0.15, -0.1) is 0 Å². The predicted molar refractivity (Wildman–Crippen MR) is 52.4 cm³/mol. The molecule has 0 aliphatic rings. The molecular weight excluding hydrogens is 185 g/mol. The Labute approximate surface area is 80.9 Å². The summed E-state index contributed by atoms with van der Waals surface area (Å²) in [5.74, 6) is -1.14. The van der Waals surface area contributed by atoms with Crippen LogP contribution in [0.25, 0.3) is 0 Å². The molecule has 0 atom stereocenters. The molecule has 0 saturated carbocycles. The maximum atomic E-state index is 10.7. The quantitative estimate of drug-likeness (QED) is 0.356. The standard InChI is InChI=1S/C8H10BNO4/c1-4-6(8(11)12)2-5(10)3-7(4)9(13)14/h2-3,13-14H,10H2,1H3,(H,11,12). The lowest BCUT2D eigenvalue weighted by Crippen LogP contribution is -2.33. The van der Waals surface area contributed by atoms with Gasteiger partial charge in [0, 0.05) is 5.69 Å². The maximum Gasteiger partial charge on any atom is 0.488 e. The molecule has 74 valence electrons. The summed E-state index contributed by atoms with van der Waals surface area (Å²) in [6, 6.07) is 2.62. The van der Waals surface area contributed by atoms with Crippen molar-refractivity contribution in [3.63, 3.8) is 0 Å². The number of carboxylic acid groups (broad SMARTS) is 1. The molecular formula is C8H10BNO4. The average Bonchev–Trinajstić information content (AvgIpc) is 2.07. The van der Waals surface area contributed by atoms with Crippen LogP contribution in [0.4, 0.5) is 5.69 Å². The van der Waals surface area contributed by atoms with E-state index in [1.807, 2.05) is 0 Å². The van der Waals surface area contributed by atoms with Gasteiger partial charge in [-0.2, -0.15) is 0 Å². The zero-order valence-electron chi connectivity index (χ0n) is 7.56. The number of anilines is 1. The Bertz CT molecular complexity index is 378. The van der Waals surface area contributed by atoms with Crippen LogP contribution in [-0.4, -0.2) is 28.2 Å². The van der Waals surface area contributed by atoms with Crippen molar-refractivity contribution >= 4 is 24.2 Å². The maximum absolute atomic E-state index is 10.7. The molecule has 0 fully saturated rings. The summed E-state index contributed by atoms with van der Waals surface area (Å²) in [4.78, 5) is 10.7. The molecule has 0 radical (unpaired) electrons. The van der Waals surface area contributed by atoms with E-state index >= 15 is 0 Å². The summed E-state index contributed by atoms with van der Waals surface area (Å²) in [6.07, 6.45) is 0. The fourth-order valence-corrected chi connectivity index (χ4v) is 1.25. The average molecular weight is 195 g/mol. The van der Waals surface area contributed by atoms with E-state index in [9.17, 15) is 4.79 Å². The normalized spacial score (nSPS) is 9.93. The molecule has 0 unspecified atom stereocenters. The fourth-order valence-electron chi connectivity index (χ4n) is 1.25. The number of rotatable bonds is 2. The van der Waals surface area contributed by atoms with Crippen LogP contribution in [0.2, 0.25) is 0 Å². The third kappa shape index (κ3) is 1.86. The third-order valence-corrected chi connectivity index (χ3v) is 1.98. The van der Waals surface area contributed by atoms with Crippen molar-refractivity contribution in [2.45, 2.75) is 6.92 Å². The number of nitrogen functional groups attached to an aromatic ring is 1. The minimum absolute atomic E-state index is 0.0203. The lowest BCUT2D eigenvalue weighted by atomic mass is 9.76. The van der Waals surface area contributed by atoms with Gasteiger partial charge in [-0.1, -0.05) is 0 Å². The molecule has 6 heteroatoms. The summed E-state index contributed by atoms with van der Waals surface area (Å²) >= 11 is 0. The number of carbonyl (C=O) groups is 1. The molecule has 1 rings (SSSR count). The number of benzene rings is 1. The summed E-state index contributed by atoms with van der Waals surface area (Å²) in [7, 11) is -1.71. The molecule has 14 heavy (non-hydrogen) atoms. The summed E-state index contributed by atoms with van der Waals surface area (Å²) in [6.45, 7) is 1.50. The van der Waals surface area contributed by atoms with Gasteiger partial charge < -0.3 is 20.9 Å². The van der Waals surface area contributed by atoms with E-state index < -0.39 is 13.1 Å². The van der Waals surface area contributed by atoms with Crippen LogP contribution in [0.5, 0.6) is 0 Å². The Morgan fingerprint density at radius 1 is 1.43 bits per heavy atom. The lowest BCUT2D eigenvalue weighted by molar-refractivity contribution is 0.0696. The van der Waals surface area contributed by atoms with E-state index in [-0.39, 0.29) is 16.7 Å². The Balaban J connectivity index is 3.40. The van der Waals surface area contributed by atoms with Crippen molar-refractivity contribution < 1.29 is 19.9 Å². The fraction of sp³-hybridized carbons (Fsp3) is 0.125. The van der Waals surface area contributed by atoms with Crippen LogP contribution in [0, 0.1) is 6.92 Å². The van der Waals surface area contributed by atoms with E-state index in [4.69, 9.17) is 20.9 Å². The second-order valence-electron chi connectivity index (χ2n) is 2.96. The molecule has 0 bridgehead atoms. The number of carboxylic acids is 1. The van der Waals surface area contributed by atoms with Gasteiger partial charge in [0.25, 0.3) is 0 Å². The SMILES string of the molecule is Cc1c(B(O)O)cc(N)cc1C(=O)O. The molecule has 0 saturated heterocycles. The molecule has 1 aromatic rings. The Morgan fingerprint density at radius 3 is 2.43 bits per heavy atom. The van der Waals surface area contributed by atoms with Gasteiger partial charge in [-0.05, 0) is 30.1 Å². The predicted octanol–water partition coefficient (Wildman–Crippen LogP) is -1.04. The van der Waals surface area contributed by atoms with Gasteiger partial charge in [0.1, 0.15) is 0 Å². The van der Waals surface area contributed by atoms with E-state index in [0.29, 0.717) is 5.56 Å². The van der Waals surface area contributed by atoms with Gasteiger partial charge in [-0.3, -0.25) is 0 Å². The highest BCUT2D eigenvalue weighted by Crippen LogP contribution is 2.11. The molecule has 0 aliphatic heterocycles. The van der Waals surface area contributed by atoms with E-state index in [0.717, 1.165) is 0 Å². The first-order valence-electron chi connectivity index (χ1n) is 3.93. The van der Waals surface area contributed by atoms with E-state index in [2.05, 4.69) is 0 Å².